The van der Waals surface area contributed by atoms with E-state index in [0.29, 0.717) is 0 Å². The second-order valence-corrected chi connectivity index (χ2v) is 6.36. The van der Waals surface area contributed by atoms with Crippen molar-refractivity contribution >= 4 is 9.84 Å². The maximum absolute atomic E-state index is 11.3. The quantitative estimate of drug-likeness (QED) is 0.833. The van der Waals surface area contributed by atoms with Crippen LogP contribution in [0.3, 0.4) is 0 Å². The van der Waals surface area contributed by atoms with E-state index in [4.69, 9.17) is 0 Å². The molecular formula is C10H16N2O3S. The molecule has 2 rings (SSSR count). The average molecular weight is 244 g/mol. The molecule has 0 bridgehead atoms. The standard InChI is InChI=1S/C10H16N2O3S/c1-16(14,15)8-6-11-12(7-8)9-4-2-3-5-10(9)13/h6-7,9-10,13H,2-5H2,1H3/t9-,10-/m0/s1. The zero-order valence-electron chi connectivity index (χ0n) is 9.20. The molecule has 1 aromatic rings. The molecule has 16 heavy (non-hydrogen) atoms. The van der Waals surface area contributed by atoms with E-state index in [1.807, 2.05) is 0 Å². The van der Waals surface area contributed by atoms with Crippen molar-refractivity contribution in [1.29, 1.82) is 0 Å². The molecule has 2 atom stereocenters. The number of aliphatic hydroxyl groups excluding tert-OH is 1. The molecule has 0 radical (unpaired) electrons. The van der Waals surface area contributed by atoms with E-state index >= 15 is 0 Å². The van der Waals surface area contributed by atoms with E-state index in [1.54, 1.807) is 4.68 Å². The minimum absolute atomic E-state index is 0.0794. The fraction of sp³-hybridized carbons (Fsp3) is 0.700. The van der Waals surface area contributed by atoms with Crippen LogP contribution in [-0.4, -0.2) is 35.7 Å². The maximum Gasteiger partial charge on any atom is 0.178 e. The Morgan fingerprint density at radius 1 is 1.44 bits per heavy atom. The normalized spacial score (nSPS) is 26.9. The Labute approximate surface area is 95.0 Å². The van der Waals surface area contributed by atoms with Gasteiger partial charge in [0.25, 0.3) is 0 Å². The molecule has 0 amide bonds. The van der Waals surface area contributed by atoms with Crippen molar-refractivity contribution in [1.82, 2.24) is 9.78 Å². The first-order valence-electron chi connectivity index (χ1n) is 5.41. The van der Waals surface area contributed by atoms with Crippen molar-refractivity contribution in [3.8, 4) is 0 Å². The number of nitrogens with zero attached hydrogens (tertiary/aromatic N) is 2. The Kier molecular flexibility index (Phi) is 3.03. The van der Waals surface area contributed by atoms with E-state index in [2.05, 4.69) is 5.10 Å². The second-order valence-electron chi connectivity index (χ2n) is 4.35. The van der Waals surface area contributed by atoms with Crippen LogP contribution in [0.4, 0.5) is 0 Å². The van der Waals surface area contributed by atoms with Crippen LogP contribution in [0, 0.1) is 0 Å². The van der Waals surface area contributed by atoms with E-state index in [0.717, 1.165) is 31.9 Å². The van der Waals surface area contributed by atoms with Gasteiger partial charge in [-0.25, -0.2) is 8.42 Å². The third-order valence-corrected chi connectivity index (χ3v) is 4.11. The fourth-order valence-corrected chi connectivity index (χ4v) is 2.63. The fourth-order valence-electron chi connectivity index (χ4n) is 2.09. The summed E-state index contributed by atoms with van der Waals surface area (Å²) in [4.78, 5) is 0.213. The first-order valence-corrected chi connectivity index (χ1v) is 7.30. The van der Waals surface area contributed by atoms with Crippen LogP contribution < -0.4 is 0 Å². The van der Waals surface area contributed by atoms with E-state index in [9.17, 15) is 13.5 Å². The number of hydrogen-bond acceptors (Lipinski definition) is 4. The summed E-state index contributed by atoms with van der Waals surface area (Å²) in [5, 5.41) is 13.9. The van der Waals surface area contributed by atoms with E-state index in [-0.39, 0.29) is 10.9 Å². The van der Waals surface area contributed by atoms with Gasteiger partial charge in [0.15, 0.2) is 9.84 Å². The van der Waals surface area contributed by atoms with Gasteiger partial charge in [0.05, 0.1) is 18.3 Å². The Morgan fingerprint density at radius 3 is 2.69 bits per heavy atom. The zero-order valence-corrected chi connectivity index (χ0v) is 10.0. The summed E-state index contributed by atoms with van der Waals surface area (Å²) in [7, 11) is -3.20. The summed E-state index contributed by atoms with van der Waals surface area (Å²) in [6, 6.07) is -0.0794. The summed E-state index contributed by atoms with van der Waals surface area (Å²) < 4.78 is 24.2. The first-order chi connectivity index (χ1) is 7.48. The van der Waals surface area contributed by atoms with Crippen LogP contribution in [0.25, 0.3) is 0 Å². The van der Waals surface area contributed by atoms with Crippen molar-refractivity contribution in [2.24, 2.45) is 0 Å². The lowest BCUT2D eigenvalue weighted by Crippen LogP contribution is -2.27. The van der Waals surface area contributed by atoms with Gasteiger partial charge in [-0.2, -0.15) is 5.10 Å². The monoisotopic (exact) mass is 244 g/mol. The van der Waals surface area contributed by atoms with Crippen molar-refractivity contribution in [3.63, 3.8) is 0 Å². The maximum atomic E-state index is 11.3. The molecule has 1 aromatic heterocycles. The zero-order chi connectivity index (χ0) is 11.8. The van der Waals surface area contributed by atoms with Gasteiger partial charge in [-0.3, -0.25) is 4.68 Å². The molecule has 0 spiro atoms. The molecule has 0 unspecified atom stereocenters. The summed E-state index contributed by atoms with van der Waals surface area (Å²) >= 11 is 0. The molecule has 0 aliphatic heterocycles. The number of aromatic nitrogens is 2. The highest BCUT2D eigenvalue weighted by Gasteiger charge is 2.25. The van der Waals surface area contributed by atoms with Crippen LogP contribution in [0.1, 0.15) is 31.7 Å². The minimum Gasteiger partial charge on any atom is -0.391 e. The number of aliphatic hydroxyl groups is 1. The van der Waals surface area contributed by atoms with Gasteiger partial charge in [0.1, 0.15) is 4.90 Å². The Hall–Kier alpha value is -0.880. The average Bonchev–Trinajstić information content (AvgIpc) is 2.66. The van der Waals surface area contributed by atoms with E-state index in [1.165, 1.54) is 12.4 Å². The van der Waals surface area contributed by atoms with Gasteiger partial charge >= 0.3 is 0 Å². The molecule has 1 saturated carbocycles. The molecule has 1 heterocycles. The largest absolute Gasteiger partial charge is 0.391 e. The lowest BCUT2D eigenvalue weighted by Gasteiger charge is -2.27. The van der Waals surface area contributed by atoms with Crippen molar-refractivity contribution < 1.29 is 13.5 Å². The summed E-state index contributed by atoms with van der Waals surface area (Å²) in [5.74, 6) is 0. The molecule has 1 aliphatic carbocycles. The Balaban J connectivity index is 2.24. The van der Waals surface area contributed by atoms with Gasteiger partial charge in [0, 0.05) is 12.5 Å². The van der Waals surface area contributed by atoms with Crippen molar-refractivity contribution in [2.75, 3.05) is 6.26 Å². The molecular weight excluding hydrogens is 228 g/mol. The van der Waals surface area contributed by atoms with Crippen LogP contribution in [-0.2, 0) is 9.84 Å². The number of sulfone groups is 1. The summed E-state index contributed by atoms with van der Waals surface area (Å²) in [5.41, 5.74) is 0. The van der Waals surface area contributed by atoms with Crippen LogP contribution >= 0.6 is 0 Å². The Bertz CT molecular complexity index is 466. The van der Waals surface area contributed by atoms with Gasteiger partial charge in [-0.1, -0.05) is 12.8 Å². The molecule has 0 saturated heterocycles. The lowest BCUT2D eigenvalue weighted by molar-refractivity contribution is 0.0693. The van der Waals surface area contributed by atoms with Crippen LogP contribution in [0.2, 0.25) is 0 Å². The second kappa shape index (κ2) is 4.18. The molecule has 1 N–H and O–H groups in total. The van der Waals surface area contributed by atoms with Crippen molar-refractivity contribution in [2.45, 2.75) is 42.7 Å². The van der Waals surface area contributed by atoms with Gasteiger partial charge < -0.3 is 5.11 Å². The highest BCUT2D eigenvalue weighted by Crippen LogP contribution is 2.28. The first kappa shape index (κ1) is 11.6. The Morgan fingerprint density at radius 2 is 2.12 bits per heavy atom. The summed E-state index contributed by atoms with van der Waals surface area (Å²) in [6.07, 6.45) is 7.29. The predicted octanol–water partition coefficient (Wildman–Crippen LogP) is 0.763. The highest BCUT2D eigenvalue weighted by atomic mass is 32.2. The molecule has 6 heteroatoms. The third kappa shape index (κ3) is 2.27. The number of rotatable bonds is 2. The van der Waals surface area contributed by atoms with Gasteiger partial charge in [0.2, 0.25) is 0 Å². The van der Waals surface area contributed by atoms with Crippen LogP contribution in [0.5, 0.6) is 0 Å². The highest BCUT2D eigenvalue weighted by molar-refractivity contribution is 7.90. The smallest absolute Gasteiger partial charge is 0.178 e. The third-order valence-electron chi connectivity index (χ3n) is 3.04. The molecule has 0 aromatic carbocycles. The molecule has 5 nitrogen and oxygen atoms in total. The van der Waals surface area contributed by atoms with Gasteiger partial charge in [-0.05, 0) is 12.8 Å². The molecule has 90 valence electrons. The topological polar surface area (TPSA) is 72.2 Å². The lowest BCUT2D eigenvalue weighted by atomic mass is 9.93. The molecule has 1 fully saturated rings. The SMILES string of the molecule is CS(=O)(=O)c1cnn([C@H]2CCCC[C@@H]2O)c1. The minimum atomic E-state index is -3.20. The van der Waals surface area contributed by atoms with Gasteiger partial charge in [-0.15, -0.1) is 0 Å². The predicted molar refractivity (Wildman–Crippen MR) is 58.8 cm³/mol. The van der Waals surface area contributed by atoms with E-state index < -0.39 is 15.9 Å². The van der Waals surface area contributed by atoms with Crippen molar-refractivity contribution in [3.05, 3.63) is 12.4 Å². The number of hydrogen-bond donors (Lipinski definition) is 1. The molecule has 1 aliphatic rings. The van der Waals surface area contributed by atoms with Crippen LogP contribution in [0.15, 0.2) is 17.3 Å². The summed E-state index contributed by atoms with van der Waals surface area (Å²) in [6.45, 7) is 0.